The molecule has 0 aliphatic carbocycles. The van der Waals surface area contributed by atoms with Gasteiger partial charge in [-0.1, -0.05) is 30.3 Å². The van der Waals surface area contributed by atoms with Gasteiger partial charge in [-0.25, -0.2) is 0 Å². The Morgan fingerprint density at radius 3 is 2.37 bits per heavy atom. The van der Waals surface area contributed by atoms with Crippen molar-refractivity contribution in [1.29, 1.82) is 0 Å². The van der Waals surface area contributed by atoms with E-state index in [2.05, 4.69) is 15.2 Å². The van der Waals surface area contributed by atoms with Crippen molar-refractivity contribution in [1.82, 2.24) is 15.1 Å². The Morgan fingerprint density at radius 2 is 1.73 bits per heavy atom. The lowest BCUT2D eigenvalue weighted by molar-refractivity contribution is -0.153. The van der Waals surface area contributed by atoms with Crippen LogP contribution in [0.3, 0.4) is 0 Å². The summed E-state index contributed by atoms with van der Waals surface area (Å²) >= 11 is 0. The summed E-state index contributed by atoms with van der Waals surface area (Å²) < 4.78 is 43.2. The minimum Gasteiger partial charge on any atom is -0.484 e. The van der Waals surface area contributed by atoms with Gasteiger partial charge < -0.3 is 10.1 Å². The number of hydrogen-bond acceptors (Lipinski definition) is 3. The number of alkyl halides is 3. The number of aryl methyl sites for hydroxylation is 1. The summed E-state index contributed by atoms with van der Waals surface area (Å²) in [5, 5.41) is 7.40. The van der Waals surface area contributed by atoms with Gasteiger partial charge in [0.2, 0.25) is 0 Å². The predicted octanol–water partition coefficient (Wildman–Crippen LogP) is 4.42. The molecular weight excluding hydrogens is 395 g/mol. The fraction of sp³-hybridized carbons (Fsp3) is 0.273. The highest BCUT2D eigenvalue weighted by Crippen LogP contribution is 2.19. The Labute approximate surface area is 172 Å². The topological polar surface area (TPSA) is 56.2 Å². The highest BCUT2D eigenvalue weighted by Gasteiger charge is 2.28. The molecule has 0 fully saturated rings. The molecule has 0 spiro atoms. The van der Waals surface area contributed by atoms with E-state index in [0.717, 1.165) is 22.5 Å². The van der Waals surface area contributed by atoms with E-state index in [4.69, 9.17) is 0 Å². The number of benzene rings is 2. The molecule has 0 radical (unpaired) electrons. The second-order valence-corrected chi connectivity index (χ2v) is 6.90. The van der Waals surface area contributed by atoms with Crippen LogP contribution >= 0.6 is 0 Å². The zero-order valence-electron chi connectivity index (χ0n) is 16.7. The van der Waals surface area contributed by atoms with E-state index < -0.39 is 12.8 Å². The Bertz CT molecular complexity index is 997. The molecule has 0 saturated heterocycles. The van der Waals surface area contributed by atoms with E-state index in [1.807, 2.05) is 48.9 Å². The first-order valence-electron chi connectivity index (χ1n) is 9.37. The fourth-order valence-electron chi connectivity index (χ4n) is 3.04. The summed E-state index contributed by atoms with van der Waals surface area (Å²) in [5.74, 6) is -0.273. The number of carbonyl (C=O) groups is 1. The van der Waals surface area contributed by atoms with Gasteiger partial charge in [-0.15, -0.1) is 0 Å². The van der Waals surface area contributed by atoms with Gasteiger partial charge in [-0.05, 0) is 43.7 Å². The van der Waals surface area contributed by atoms with Crippen molar-refractivity contribution < 1.29 is 22.7 Å². The Morgan fingerprint density at radius 1 is 1.07 bits per heavy atom. The van der Waals surface area contributed by atoms with E-state index in [1.165, 1.54) is 24.3 Å². The molecule has 30 heavy (non-hydrogen) atoms. The number of ether oxygens (including phenoxy) is 1. The summed E-state index contributed by atoms with van der Waals surface area (Å²) in [4.78, 5) is 12.4. The molecule has 0 unspecified atom stereocenters. The van der Waals surface area contributed by atoms with E-state index in [0.29, 0.717) is 18.7 Å². The lowest BCUT2D eigenvalue weighted by Crippen LogP contribution is -2.23. The second-order valence-electron chi connectivity index (χ2n) is 6.90. The zero-order chi connectivity index (χ0) is 21.7. The molecule has 0 aliphatic heterocycles. The standard InChI is InChI=1S/C22H22F3N3O2/c1-15-20(16(2)28(27-15)13-17-6-4-3-5-7-17)12-26-21(29)18-8-10-19(11-9-18)30-14-22(23,24)25/h3-11H,12-14H2,1-2H3,(H,26,29). The average molecular weight is 417 g/mol. The van der Waals surface area contributed by atoms with Gasteiger partial charge in [-0.2, -0.15) is 18.3 Å². The quantitative estimate of drug-likeness (QED) is 0.619. The summed E-state index contributed by atoms with van der Waals surface area (Å²) in [6.45, 7) is 3.42. The molecule has 8 heteroatoms. The van der Waals surface area contributed by atoms with Crippen LogP contribution in [0.15, 0.2) is 54.6 Å². The van der Waals surface area contributed by atoms with Crippen LogP contribution in [0.5, 0.6) is 5.75 Å². The first-order valence-corrected chi connectivity index (χ1v) is 9.37. The SMILES string of the molecule is Cc1nn(Cc2ccccc2)c(C)c1CNC(=O)c1ccc(OCC(F)(F)F)cc1. The van der Waals surface area contributed by atoms with Crippen molar-refractivity contribution in [2.24, 2.45) is 0 Å². The molecular formula is C22H22F3N3O2. The third-order valence-electron chi connectivity index (χ3n) is 4.65. The van der Waals surface area contributed by atoms with Crippen molar-refractivity contribution in [3.8, 4) is 5.75 Å². The molecule has 2 aromatic carbocycles. The molecule has 3 aromatic rings. The van der Waals surface area contributed by atoms with E-state index >= 15 is 0 Å². The predicted molar refractivity (Wildman–Crippen MR) is 106 cm³/mol. The van der Waals surface area contributed by atoms with Gasteiger partial charge in [-0.3, -0.25) is 9.48 Å². The maximum absolute atomic E-state index is 12.4. The fourth-order valence-corrected chi connectivity index (χ4v) is 3.04. The van der Waals surface area contributed by atoms with E-state index in [9.17, 15) is 18.0 Å². The highest BCUT2D eigenvalue weighted by atomic mass is 19.4. The van der Waals surface area contributed by atoms with Gasteiger partial charge in [0, 0.05) is 23.4 Å². The number of aromatic nitrogens is 2. The Balaban J connectivity index is 1.60. The Kier molecular flexibility index (Phi) is 6.44. The zero-order valence-corrected chi connectivity index (χ0v) is 16.7. The van der Waals surface area contributed by atoms with Crippen molar-refractivity contribution >= 4 is 5.91 Å². The van der Waals surface area contributed by atoms with Crippen LogP contribution in [0.1, 0.15) is 32.9 Å². The smallest absolute Gasteiger partial charge is 0.422 e. The summed E-state index contributed by atoms with van der Waals surface area (Å²) in [6, 6.07) is 15.5. The highest BCUT2D eigenvalue weighted by molar-refractivity contribution is 5.94. The molecule has 0 bridgehead atoms. The molecule has 3 rings (SSSR count). The maximum Gasteiger partial charge on any atom is 0.422 e. The van der Waals surface area contributed by atoms with Crippen LogP contribution in [0.4, 0.5) is 13.2 Å². The molecule has 5 nitrogen and oxygen atoms in total. The number of amides is 1. The van der Waals surface area contributed by atoms with Gasteiger partial charge in [0.25, 0.3) is 5.91 Å². The van der Waals surface area contributed by atoms with Crippen molar-refractivity contribution in [2.45, 2.75) is 33.1 Å². The Hall–Kier alpha value is -3.29. The lowest BCUT2D eigenvalue weighted by atomic mass is 10.1. The molecule has 1 aromatic heterocycles. The molecule has 0 aliphatic rings. The van der Waals surface area contributed by atoms with Crippen molar-refractivity contribution in [2.75, 3.05) is 6.61 Å². The number of hydrogen-bond donors (Lipinski definition) is 1. The van der Waals surface area contributed by atoms with Crippen molar-refractivity contribution in [3.63, 3.8) is 0 Å². The first-order chi connectivity index (χ1) is 14.2. The third kappa shape index (κ3) is 5.62. The number of nitrogens with zero attached hydrogens (tertiary/aromatic N) is 2. The van der Waals surface area contributed by atoms with Crippen LogP contribution in [0.25, 0.3) is 0 Å². The number of nitrogens with one attached hydrogen (secondary N) is 1. The molecule has 1 amide bonds. The normalized spacial score (nSPS) is 11.4. The first kappa shape index (κ1) is 21.4. The molecule has 1 heterocycles. The van der Waals surface area contributed by atoms with Crippen LogP contribution in [-0.2, 0) is 13.1 Å². The van der Waals surface area contributed by atoms with Gasteiger partial charge in [0.15, 0.2) is 6.61 Å². The third-order valence-corrected chi connectivity index (χ3v) is 4.65. The minimum atomic E-state index is -4.41. The number of carbonyl (C=O) groups excluding carboxylic acids is 1. The van der Waals surface area contributed by atoms with Crippen molar-refractivity contribution in [3.05, 3.63) is 82.7 Å². The monoisotopic (exact) mass is 417 g/mol. The van der Waals surface area contributed by atoms with Crippen LogP contribution in [-0.4, -0.2) is 28.5 Å². The van der Waals surface area contributed by atoms with Gasteiger partial charge >= 0.3 is 6.18 Å². The second kappa shape index (κ2) is 9.02. The molecule has 0 saturated carbocycles. The maximum atomic E-state index is 12.4. The molecule has 0 atom stereocenters. The number of halogens is 3. The molecule has 1 N–H and O–H groups in total. The van der Waals surface area contributed by atoms with Gasteiger partial charge in [0.1, 0.15) is 5.75 Å². The van der Waals surface area contributed by atoms with Crippen LogP contribution in [0, 0.1) is 13.8 Å². The van der Waals surface area contributed by atoms with Crippen LogP contribution < -0.4 is 10.1 Å². The number of rotatable bonds is 7. The average Bonchev–Trinajstić information content (AvgIpc) is 2.98. The summed E-state index contributed by atoms with van der Waals surface area (Å²) in [6.07, 6.45) is -4.41. The summed E-state index contributed by atoms with van der Waals surface area (Å²) in [5.41, 5.74) is 4.20. The van der Waals surface area contributed by atoms with Gasteiger partial charge in [0.05, 0.1) is 12.2 Å². The lowest BCUT2D eigenvalue weighted by Gasteiger charge is -2.10. The largest absolute Gasteiger partial charge is 0.484 e. The minimum absolute atomic E-state index is 0.0535. The molecule has 158 valence electrons. The van der Waals surface area contributed by atoms with E-state index in [-0.39, 0.29) is 11.7 Å². The summed E-state index contributed by atoms with van der Waals surface area (Å²) in [7, 11) is 0. The van der Waals surface area contributed by atoms with E-state index in [1.54, 1.807) is 0 Å². The van der Waals surface area contributed by atoms with Crippen LogP contribution in [0.2, 0.25) is 0 Å².